The molecule has 0 radical (unpaired) electrons. The molecule has 0 unspecified atom stereocenters. The van der Waals surface area contributed by atoms with Gasteiger partial charge in [0, 0.05) is 25.7 Å². The molecule has 152 valence electrons. The predicted molar refractivity (Wildman–Crippen MR) is 134 cm³/mol. The Morgan fingerprint density at radius 3 is 2.59 bits per heavy atom. The van der Waals surface area contributed by atoms with Gasteiger partial charge in [0.05, 0.1) is 4.47 Å². The Labute approximate surface area is 206 Å². The van der Waals surface area contributed by atoms with Crippen LogP contribution in [-0.2, 0) is 16.0 Å². The first-order chi connectivity index (χ1) is 13.9. The zero-order valence-corrected chi connectivity index (χ0v) is 21.5. The van der Waals surface area contributed by atoms with Gasteiger partial charge < -0.3 is 14.6 Å². The van der Waals surface area contributed by atoms with Crippen LogP contribution in [0.3, 0.4) is 0 Å². The minimum atomic E-state index is -0.963. The van der Waals surface area contributed by atoms with Crippen LogP contribution < -0.4 is 4.74 Å². The van der Waals surface area contributed by atoms with Crippen LogP contribution in [0.15, 0.2) is 53.0 Å². The van der Waals surface area contributed by atoms with E-state index in [0.717, 1.165) is 22.7 Å². The minimum absolute atomic E-state index is 0.301. The Morgan fingerprint density at radius 1 is 1.24 bits per heavy atom. The Hall–Kier alpha value is -1.09. The van der Waals surface area contributed by atoms with Gasteiger partial charge in [0.15, 0.2) is 6.10 Å². The van der Waals surface area contributed by atoms with Crippen LogP contribution >= 0.6 is 61.1 Å². The average Bonchev–Trinajstić information content (AvgIpc) is 2.64. The fraction of sp³-hybridized carbons (Fsp3) is 0.227. The number of hydrogen-bond donors (Lipinski definition) is 1. The van der Waals surface area contributed by atoms with Gasteiger partial charge >= 0.3 is 5.97 Å². The number of allylic oxidation sites excluding steroid dienone is 1. The fourth-order valence-electron chi connectivity index (χ4n) is 2.42. The third-order valence-electron chi connectivity index (χ3n) is 3.68. The van der Waals surface area contributed by atoms with Crippen molar-refractivity contribution in [3.8, 4) is 17.6 Å². The molecule has 2 aromatic carbocycles. The number of benzene rings is 2. The number of aliphatic carboxylic acids is 1. The third kappa shape index (κ3) is 8.66. The van der Waals surface area contributed by atoms with Crippen molar-refractivity contribution in [1.29, 1.82) is 0 Å². The lowest BCUT2D eigenvalue weighted by atomic mass is 10.1. The van der Waals surface area contributed by atoms with Crippen molar-refractivity contribution in [3.63, 3.8) is 0 Å². The summed E-state index contributed by atoms with van der Waals surface area (Å²) in [6, 6.07) is 11.7. The highest BCUT2D eigenvalue weighted by molar-refractivity contribution is 14.1. The van der Waals surface area contributed by atoms with Gasteiger partial charge in [-0.15, -0.1) is 0 Å². The lowest BCUT2D eigenvalue weighted by Gasteiger charge is -2.13. The van der Waals surface area contributed by atoms with Crippen molar-refractivity contribution < 1.29 is 19.4 Å². The molecule has 0 saturated carbocycles. The Morgan fingerprint density at radius 2 is 1.97 bits per heavy atom. The summed E-state index contributed by atoms with van der Waals surface area (Å²) in [7, 11) is 0. The van der Waals surface area contributed by atoms with E-state index in [9.17, 15) is 9.90 Å². The van der Waals surface area contributed by atoms with E-state index in [1.54, 1.807) is 13.0 Å². The number of carbonyl (C=O) groups is 1. The number of carboxylic acids is 1. The molecule has 7 heteroatoms. The molecule has 2 rings (SSSR count). The fourth-order valence-corrected chi connectivity index (χ4v) is 4.90. The largest absolute Gasteiger partial charge is 0.488 e. The van der Waals surface area contributed by atoms with Crippen LogP contribution in [0.25, 0.3) is 0 Å². The number of hydrogen-bond acceptors (Lipinski definition) is 3. The number of ether oxygens (including phenoxy) is 2. The van der Waals surface area contributed by atoms with E-state index in [0.29, 0.717) is 25.4 Å². The predicted octanol–water partition coefficient (Wildman–Crippen LogP) is 5.68. The van der Waals surface area contributed by atoms with Gasteiger partial charge in [-0.2, -0.15) is 0 Å². The molecule has 0 spiro atoms. The third-order valence-corrected chi connectivity index (χ3v) is 5.54. The molecular formula is C22H19BrI2O4. The first-order valence-corrected chi connectivity index (χ1v) is 11.7. The van der Waals surface area contributed by atoms with Crippen LogP contribution in [0, 0.1) is 19.0 Å². The zero-order valence-electron chi connectivity index (χ0n) is 15.6. The van der Waals surface area contributed by atoms with Gasteiger partial charge in [-0.05, 0) is 116 Å². The Kier molecular flexibility index (Phi) is 10.5. The number of carboxylic acid groups (broad SMARTS) is 1. The molecule has 0 saturated heterocycles. The molecule has 0 aliphatic heterocycles. The molecule has 0 bridgehead atoms. The first-order valence-electron chi connectivity index (χ1n) is 8.77. The molecule has 1 N–H and O–H groups in total. The molecule has 2 aromatic rings. The summed E-state index contributed by atoms with van der Waals surface area (Å²) in [5, 5.41) is 9.20. The topological polar surface area (TPSA) is 55.8 Å². The van der Waals surface area contributed by atoms with Crippen molar-refractivity contribution in [2.45, 2.75) is 19.4 Å². The summed E-state index contributed by atoms with van der Waals surface area (Å²) >= 11 is 8.03. The van der Waals surface area contributed by atoms with E-state index in [2.05, 4.69) is 79.0 Å². The molecule has 0 heterocycles. The summed E-state index contributed by atoms with van der Waals surface area (Å²) in [5.41, 5.74) is 1.84. The molecule has 0 aromatic heterocycles. The van der Waals surface area contributed by atoms with Gasteiger partial charge in [0.25, 0.3) is 0 Å². The van der Waals surface area contributed by atoms with E-state index in [-0.39, 0.29) is 0 Å². The highest BCUT2D eigenvalue weighted by Gasteiger charge is 2.18. The lowest BCUT2D eigenvalue weighted by molar-refractivity contribution is -0.149. The highest BCUT2D eigenvalue weighted by atomic mass is 127. The minimum Gasteiger partial charge on any atom is -0.488 e. The molecule has 0 aliphatic carbocycles. The second kappa shape index (κ2) is 12.6. The van der Waals surface area contributed by atoms with Crippen molar-refractivity contribution >= 4 is 67.1 Å². The van der Waals surface area contributed by atoms with E-state index >= 15 is 0 Å². The standard InChI is InChI=1S/C22H19BrI2O4/c1-2-28-21(22(26)27)13-16-7-8-20(19(23)12-16)29-9-5-3-4-6-15-10-17(24)14-18(25)11-15/h3,5,7-8,10-12,14,21H,2,9,13H2,1H3,(H,26,27)/b5-3+/t21-/m0/s1. The van der Waals surface area contributed by atoms with Gasteiger partial charge in [0.2, 0.25) is 0 Å². The van der Waals surface area contributed by atoms with Crippen LogP contribution in [0.5, 0.6) is 5.75 Å². The highest BCUT2D eigenvalue weighted by Crippen LogP contribution is 2.27. The zero-order chi connectivity index (χ0) is 21.2. The summed E-state index contributed by atoms with van der Waals surface area (Å²) in [6.45, 7) is 2.52. The van der Waals surface area contributed by atoms with Crippen molar-refractivity contribution in [3.05, 3.63) is 71.3 Å². The molecule has 0 amide bonds. The molecule has 0 fully saturated rings. The summed E-state index contributed by atoms with van der Waals surface area (Å²) in [4.78, 5) is 11.2. The van der Waals surface area contributed by atoms with Crippen LogP contribution in [0.4, 0.5) is 0 Å². The van der Waals surface area contributed by atoms with Gasteiger partial charge in [0.1, 0.15) is 12.4 Å². The normalized spacial score (nSPS) is 11.7. The SMILES string of the molecule is CCO[C@@H](Cc1ccc(OC/C=C/C#Cc2cc(I)cc(I)c2)c(Br)c1)C(=O)O. The Balaban J connectivity index is 1.90. The first kappa shape index (κ1) is 24.2. The van der Waals surface area contributed by atoms with Crippen LogP contribution in [-0.4, -0.2) is 30.4 Å². The molecule has 29 heavy (non-hydrogen) atoms. The van der Waals surface area contributed by atoms with Gasteiger partial charge in [-0.25, -0.2) is 4.79 Å². The Bertz CT molecular complexity index is 927. The second-order valence-electron chi connectivity index (χ2n) is 5.89. The average molecular weight is 681 g/mol. The summed E-state index contributed by atoms with van der Waals surface area (Å²) in [5.74, 6) is 5.84. The molecular weight excluding hydrogens is 662 g/mol. The smallest absolute Gasteiger partial charge is 0.333 e. The second-order valence-corrected chi connectivity index (χ2v) is 9.24. The van der Waals surface area contributed by atoms with Gasteiger partial charge in [-0.1, -0.05) is 17.9 Å². The molecule has 0 aliphatic rings. The van der Waals surface area contributed by atoms with E-state index in [1.807, 2.05) is 36.4 Å². The van der Waals surface area contributed by atoms with Crippen molar-refractivity contribution in [2.24, 2.45) is 0 Å². The summed E-state index contributed by atoms with van der Waals surface area (Å²) in [6.07, 6.45) is 3.07. The quantitative estimate of drug-likeness (QED) is 0.288. The van der Waals surface area contributed by atoms with E-state index < -0.39 is 12.1 Å². The summed E-state index contributed by atoms with van der Waals surface area (Å²) < 4.78 is 14.1. The maximum absolute atomic E-state index is 11.2. The monoisotopic (exact) mass is 680 g/mol. The molecule has 1 atom stereocenters. The lowest BCUT2D eigenvalue weighted by Crippen LogP contribution is -2.26. The van der Waals surface area contributed by atoms with Gasteiger partial charge in [-0.3, -0.25) is 0 Å². The maximum atomic E-state index is 11.2. The molecule has 4 nitrogen and oxygen atoms in total. The van der Waals surface area contributed by atoms with E-state index in [1.165, 1.54) is 0 Å². The van der Waals surface area contributed by atoms with E-state index in [4.69, 9.17) is 9.47 Å². The van der Waals surface area contributed by atoms with Crippen LogP contribution in [0.2, 0.25) is 0 Å². The van der Waals surface area contributed by atoms with Crippen LogP contribution in [0.1, 0.15) is 18.1 Å². The van der Waals surface area contributed by atoms with Crippen molar-refractivity contribution in [1.82, 2.24) is 0 Å². The van der Waals surface area contributed by atoms with Crippen molar-refractivity contribution in [2.75, 3.05) is 13.2 Å². The number of halogens is 3. The number of rotatable bonds is 8. The maximum Gasteiger partial charge on any atom is 0.333 e.